The average Bonchev–Trinajstić information content (AvgIpc) is 3.38. The van der Waals surface area contributed by atoms with Crippen molar-refractivity contribution in [2.45, 2.75) is 50.6 Å². The molecule has 168 valence electrons. The summed E-state index contributed by atoms with van der Waals surface area (Å²) in [6.07, 6.45) is 4.89. The summed E-state index contributed by atoms with van der Waals surface area (Å²) >= 11 is 0. The van der Waals surface area contributed by atoms with Gasteiger partial charge in [0, 0.05) is 19.5 Å². The fourth-order valence-corrected chi connectivity index (χ4v) is 4.73. The highest BCUT2D eigenvalue weighted by molar-refractivity contribution is 5.92. The summed E-state index contributed by atoms with van der Waals surface area (Å²) in [5.41, 5.74) is 2.43. The van der Waals surface area contributed by atoms with Gasteiger partial charge in [0.05, 0.1) is 18.1 Å². The number of rotatable bonds is 7. The van der Waals surface area contributed by atoms with Crippen LogP contribution in [0.5, 0.6) is 0 Å². The molecule has 0 aromatic heterocycles. The molecule has 0 aliphatic heterocycles. The second-order valence-electron chi connectivity index (χ2n) is 8.84. The van der Waals surface area contributed by atoms with Crippen molar-refractivity contribution < 1.29 is 9.59 Å². The molecule has 0 spiro atoms. The Morgan fingerprint density at radius 2 is 1.73 bits per heavy atom. The molecule has 5 heteroatoms. The van der Waals surface area contributed by atoms with Crippen LogP contribution in [-0.4, -0.2) is 35.8 Å². The number of benzene rings is 3. The van der Waals surface area contributed by atoms with Gasteiger partial charge in [0.15, 0.2) is 0 Å². The Hall–Kier alpha value is -3.65. The summed E-state index contributed by atoms with van der Waals surface area (Å²) in [6, 6.07) is 22.9. The number of hydrogen-bond acceptors (Lipinski definition) is 3. The summed E-state index contributed by atoms with van der Waals surface area (Å²) in [6.45, 7) is 0. The van der Waals surface area contributed by atoms with Crippen molar-refractivity contribution in [1.29, 1.82) is 5.26 Å². The first-order valence-electron chi connectivity index (χ1n) is 11.6. The van der Waals surface area contributed by atoms with Gasteiger partial charge in [0.2, 0.25) is 11.8 Å². The van der Waals surface area contributed by atoms with Crippen molar-refractivity contribution in [3.05, 3.63) is 83.4 Å². The van der Waals surface area contributed by atoms with E-state index < -0.39 is 6.04 Å². The molecule has 0 saturated heterocycles. The summed E-state index contributed by atoms with van der Waals surface area (Å²) in [4.78, 5) is 28.3. The fraction of sp³-hybridized carbons (Fsp3) is 0.321. The number of fused-ring (bicyclic) bond motifs is 1. The maximum Gasteiger partial charge on any atom is 0.245 e. The van der Waals surface area contributed by atoms with Crippen LogP contribution in [0.2, 0.25) is 0 Å². The number of nitriles is 1. The van der Waals surface area contributed by atoms with Gasteiger partial charge in [-0.05, 0) is 46.9 Å². The molecule has 4 rings (SSSR count). The number of nitrogens with one attached hydrogen (secondary N) is 1. The zero-order chi connectivity index (χ0) is 23.2. The molecule has 1 aliphatic rings. The lowest BCUT2D eigenvalue weighted by Gasteiger charge is -2.29. The van der Waals surface area contributed by atoms with E-state index in [1.807, 2.05) is 66.5 Å². The van der Waals surface area contributed by atoms with Crippen molar-refractivity contribution in [1.82, 2.24) is 10.2 Å². The van der Waals surface area contributed by atoms with E-state index in [4.69, 9.17) is 5.26 Å². The van der Waals surface area contributed by atoms with E-state index in [9.17, 15) is 9.59 Å². The van der Waals surface area contributed by atoms with Gasteiger partial charge in [-0.2, -0.15) is 5.26 Å². The third kappa shape index (κ3) is 5.40. The molecule has 0 radical (unpaired) electrons. The molecule has 33 heavy (non-hydrogen) atoms. The first kappa shape index (κ1) is 22.5. The number of carbonyl (C=O) groups excluding carboxylic acids is 2. The fourth-order valence-electron chi connectivity index (χ4n) is 4.73. The molecule has 1 unspecified atom stereocenters. The van der Waals surface area contributed by atoms with E-state index >= 15 is 0 Å². The lowest BCUT2D eigenvalue weighted by atomic mass is 10.0. The van der Waals surface area contributed by atoms with Gasteiger partial charge >= 0.3 is 0 Å². The monoisotopic (exact) mass is 439 g/mol. The number of nitrogens with zero attached hydrogens (tertiary/aromatic N) is 2. The first-order chi connectivity index (χ1) is 16.0. The number of carbonyl (C=O) groups is 2. The Balaban J connectivity index is 1.53. The van der Waals surface area contributed by atoms with Crippen LogP contribution in [0, 0.1) is 11.3 Å². The van der Waals surface area contributed by atoms with E-state index in [2.05, 4.69) is 11.4 Å². The standard InChI is InChI=1S/C28H29N3O2/c1-31(24-10-3-4-11-24)28(33)26(17-20-13-15-21(19-29)16-14-20)30-27(32)18-23-9-6-8-22-7-2-5-12-25(22)23/h2,5-9,12-16,24,26H,3-4,10-11,17-18H2,1H3,(H,30,32). The van der Waals surface area contributed by atoms with Gasteiger partial charge in [-0.3, -0.25) is 9.59 Å². The summed E-state index contributed by atoms with van der Waals surface area (Å²) < 4.78 is 0. The SMILES string of the molecule is CN(C(=O)C(Cc1ccc(C#N)cc1)NC(=O)Cc1cccc2ccccc12)C1CCCC1. The number of hydrogen-bond donors (Lipinski definition) is 1. The molecule has 2 amide bonds. The third-order valence-electron chi connectivity index (χ3n) is 6.61. The number of amides is 2. The van der Waals surface area contributed by atoms with Crippen molar-refractivity contribution >= 4 is 22.6 Å². The third-order valence-corrected chi connectivity index (χ3v) is 6.61. The lowest BCUT2D eigenvalue weighted by Crippen LogP contribution is -2.51. The van der Waals surface area contributed by atoms with Crippen LogP contribution in [0.4, 0.5) is 0 Å². The lowest BCUT2D eigenvalue weighted by molar-refractivity contribution is -0.136. The van der Waals surface area contributed by atoms with Gasteiger partial charge in [0.1, 0.15) is 6.04 Å². The molecule has 3 aromatic rings. The van der Waals surface area contributed by atoms with Crippen LogP contribution >= 0.6 is 0 Å². The Morgan fingerprint density at radius 3 is 2.45 bits per heavy atom. The van der Waals surface area contributed by atoms with Gasteiger partial charge < -0.3 is 10.2 Å². The predicted octanol–water partition coefficient (Wildman–Crippen LogP) is 4.38. The highest BCUT2D eigenvalue weighted by Gasteiger charge is 2.30. The average molecular weight is 440 g/mol. The van der Waals surface area contributed by atoms with Gasteiger partial charge in [-0.25, -0.2) is 0 Å². The van der Waals surface area contributed by atoms with Crippen LogP contribution in [0.1, 0.15) is 42.4 Å². The zero-order valence-electron chi connectivity index (χ0n) is 19.0. The van der Waals surface area contributed by atoms with Crippen LogP contribution in [0.25, 0.3) is 10.8 Å². The van der Waals surface area contributed by atoms with Crippen molar-refractivity contribution in [3.63, 3.8) is 0 Å². The number of likely N-dealkylation sites (N-methyl/N-ethyl adjacent to an activating group) is 1. The van der Waals surface area contributed by atoms with Crippen molar-refractivity contribution in [2.75, 3.05) is 7.05 Å². The minimum atomic E-state index is -0.647. The maximum atomic E-state index is 13.4. The van der Waals surface area contributed by atoms with Crippen molar-refractivity contribution in [3.8, 4) is 6.07 Å². The molecule has 1 N–H and O–H groups in total. The molecule has 0 heterocycles. The summed E-state index contributed by atoms with van der Waals surface area (Å²) in [5.74, 6) is -0.226. The Bertz CT molecular complexity index is 1170. The maximum absolute atomic E-state index is 13.4. The molecule has 1 aliphatic carbocycles. The quantitative estimate of drug-likeness (QED) is 0.594. The van der Waals surface area contributed by atoms with Crippen LogP contribution in [0.3, 0.4) is 0 Å². The minimum absolute atomic E-state index is 0.0578. The minimum Gasteiger partial charge on any atom is -0.344 e. The normalized spacial score (nSPS) is 14.5. The van der Waals surface area contributed by atoms with Gasteiger partial charge in [-0.15, -0.1) is 0 Å². The molecule has 1 saturated carbocycles. The molecule has 3 aromatic carbocycles. The largest absolute Gasteiger partial charge is 0.344 e. The Labute approximate surface area is 195 Å². The molecule has 5 nitrogen and oxygen atoms in total. The van der Waals surface area contributed by atoms with E-state index in [1.165, 1.54) is 0 Å². The van der Waals surface area contributed by atoms with Gasteiger partial charge in [-0.1, -0.05) is 67.4 Å². The van der Waals surface area contributed by atoms with Crippen molar-refractivity contribution in [2.24, 2.45) is 0 Å². The summed E-state index contributed by atoms with van der Waals surface area (Å²) in [5, 5.41) is 14.2. The highest BCUT2D eigenvalue weighted by Crippen LogP contribution is 2.23. The molecule has 0 bridgehead atoms. The van der Waals surface area contributed by atoms with Crippen LogP contribution in [0.15, 0.2) is 66.7 Å². The van der Waals surface area contributed by atoms with Gasteiger partial charge in [0.25, 0.3) is 0 Å². The van der Waals surface area contributed by atoms with E-state index in [1.54, 1.807) is 12.1 Å². The Kier molecular flexibility index (Phi) is 7.04. The predicted molar refractivity (Wildman–Crippen MR) is 129 cm³/mol. The van der Waals surface area contributed by atoms with E-state index in [0.717, 1.165) is 47.6 Å². The molecular weight excluding hydrogens is 410 g/mol. The topological polar surface area (TPSA) is 73.2 Å². The van der Waals surface area contributed by atoms with Crippen LogP contribution < -0.4 is 5.32 Å². The second-order valence-corrected chi connectivity index (χ2v) is 8.84. The zero-order valence-corrected chi connectivity index (χ0v) is 19.0. The molecule has 1 atom stereocenters. The van der Waals surface area contributed by atoms with Crippen LogP contribution in [-0.2, 0) is 22.4 Å². The first-order valence-corrected chi connectivity index (χ1v) is 11.6. The molecule has 1 fully saturated rings. The summed E-state index contributed by atoms with van der Waals surface area (Å²) in [7, 11) is 1.85. The highest BCUT2D eigenvalue weighted by atomic mass is 16.2. The smallest absolute Gasteiger partial charge is 0.245 e. The van der Waals surface area contributed by atoms with E-state index in [0.29, 0.717) is 12.0 Å². The van der Waals surface area contributed by atoms with E-state index in [-0.39, 0.29) is 24.3 Å². The second kappa shape index (κ2) is 10.3. The molecular formula is C28H29N3O2. The Morgan fingerprint density at radius 1 is 1.03 bits per heavy atom.